The van der Waals surface area contributed by atoms with Gasteiger partial charge in [-0.2, -0.15) is 0 Å². The summed E-state index contributed by atoms with van der Waals surface area (Å²) in [5, 5.41) is 3.31. The van der Waals surface area contributed by atoms with E-state index in [-0.39, 0.29) is 5.82 Å². The Morgan fingerprint density at radius 3 is 2.48 bits per heavy atom. The lowest BCUT2D eigenvalue weighted by Crippen LogP contribution is -2.09. The molecule has 0 radical (unpaired) electrons. The lowest BCUT2D eigenvalue weighted by atomic mass is 10.0. The summed E-state index contributed by atoms with van der Waals surface area (Å²) in [6.45, 7) is 10.9. The van der Waals surface area contributed by atoms with Gasteiger partial charge in [-0.3, -0.25) is 0 Å². The molecule has 0 bridgehead atoms. The molecule has 0 aliphatic rings. The number of anilines is 1. The maximum atomic E-state index is 13.4. The van der Waals surface area contributed by atoms with E-state index in [1.165, 1.54) is 6.07 Å². The van der Waals surface area contributed by atoms with Gasteiger partial charge in [0.1, 0.15) is 11.6 Å². The van der Waals surface area contributed by atoms with Crippen molar-refractivity contribution in [3.05, 3.63) is 40.8 Å². The third-order valence-corrected chi connectivity index (χ3v) is 3.47. The zero-order valence-corrected chi connectivity index (χ0v) is 13.3. The quantitative estimate of drug-likeness (QED) is 0.902. The van der Waals surface area contributed by atoms with Crippen LogP contribution in [0.5, 0.6) is 0 Å². The van der Waals surface area contributed by atoms with Crippen molar-refractivity contribution >= 4 is 5.82 Å². The molecular weight excluding hydrogens is 265 g/mol. The largest absolute Gasteiger partial charge is 0.370 e. The number of hydrogen-bond acceptors (Lipinski definition) is 3. The number of aryl methyl sites for hydroxylation is 2. The summed E-state index contributed by atoms with van der Waals surface area (Å²) in [5.41, 5.74) is 3.55. The number of rotatable bonds is 4. The predicted molar refractivity (Wildman–Crippen MR) is 85.2 cm³/mol. The molecule has 2 aromatic rings. The Bertz CT molecular complexity index is 651. The minimum Gasteiger partial charge on any atom is -0.370 e. The van der Waals surface area contributed by atoms with Crippen molar-refractivity contribution < 1.29 is 4.39 Å². The predicted octanol–water partition coefficient (Wildman–Crippen LogP) is 4.45. The van der Waals surface area contributed by atoms with Crippen LogP contribution in [0.2, 0.25) is 0 Å². The van der Waals surface area contributed by atoms with Crippen LogP contribution >= 0.6 is 0 Å². The smallest absolute Gasteiger partial charge is 0.161 e. The first-order valence-electron chi connectivity index (χ1n) is 7.33. The highest BCUT2D eigenvalue weighted by Gasteiger charge is 2.15. The molecular formula is C17H22FN3. The third kappa shape index (κ3) is 3.20. The molecule has 0 atom stereocenters. The van der Waals surface area contributed by atoms with Gasteiger partial charge in [0, 0.05) is 23.4 Å². The van der Waals surface area contributed by atoms with Crippen molar-refractivity contribution in [3.63, 3.8) is 0 Å². The van der Waals surface area contributed by atoms with Crippen LogP contribution in [0, 0.1) is 19.7 Å². The van der Waals surface area contributed by atoms with Gasteiger partial charge in [-0.25, -0.2) is 14.4 Å². The fourth-order valence-electron chi connectivity index (χ4n) is 2.49. The molecule has 2 rings (SSSR count). The van der Waals surface area contributed by atoms with E-state index in [4.69, 9.17) is 0 Å². The number of benzene rings is 1. The number of aromatic nitrogens is 2. The average molecular weight is 287 g/mol. The van der Waals surface area contributed by atoms with Gasteiger partial charge in [-0.15, -0.1) is 0 Å². The Morgan fingerprint density at radius 1 is 1.19 bits per heavy atom. The number of nitrogens with one attached hydrogen (secondary N) is 1. The molecule has 1 aromatic carbocycles. The zero-order valence-electron chi connectivity index (χ0n) is 13.3. The summed E-state index contributed by atoms with van der Waals surface area (Å²) < 4.78 is 13.4. The van der Waals surface area contributed by atoms with Gasteiger partial charge in [0.05, 0.1) is 0 Å². The van der Waals surface area contributed by atoms with Crippen LogP contribution < -0.4 is 5.32 Å². The molecule has 3 nitrogen and oxygen atoms in total. The third-order valence-electron chi connectivity index (χ3n) is 3.47. The molecule has 4 heteroatoms. The van der Waals surface area contributed by atoms with Gasteiger partial charge in [0.2, 0.25) is 0 Å². The lowest BCUT2D eigenvalue weighted by molar-refractivity contribution is 0.618. The van der Waals surface area contributed by atoms with Crippen LogP contribution in [0.15, 0.2) is 18.2 Å². The molecule has 1 heterocycles. The Labute approximate surface area is 125 Å². The summed E-state index contributed by atoms with van der Waals surface area (Å²) in [4.78, 5) is 9.25. The minimum absolute atomic E-state index is 0.207. The zero-order chi connectivity index (χ0) is 15.6. The Hall–Kier alpha value is -1.97. The highest BCUT2D eigenvalue weighted by atomic mass is 19.1. The molecule has 112 valence electrons. The van der Waals surface area contributed by atoms with Gasteiger partial charge in [-0.05, 0) is 50.5 Å². The molecule has 21 heavy (non-hydrogen) atoms. The van der Waals surface area contributed by atoms with Gasteiger partial charge in [0.15, 0.2) is 5.82 Å². The second kappa shape index (κ2) is 6.20. The van der Waals surface area contributed by atoms with Crippen molar-refractivity contribution in [1.29, 1.82) is 0 Å². The summed E-state index contributed by atoms with van der Waals surface area (Å²) in [5.74, 6) is 1.65. The molecule has 0 saturated heterocycles. The fraction of sp³-hybridized carbons (Fsp3) is 0.412. The standard InChI is InChI=1S/C17H22FN3/c1-6-19-17-15(10(2)3)12(5)20-16(21-17)13-7-8-14(18)11(4)9-13/h7-10H,6H2,1-5H3,(H,19,20,21). The fourth-order valence-corrected chi connectivity index (χ4v) is 2.49. The minimum atomic E-state index is -0.207. The van der Waals surface area contributed by atoms with Crippen LogP contribution in [0.1, 0.15) is 43.5 Å². The summed E-state index contributed by atoms with van der Waals surface area (Å²) >= 11 is 0. The van der Waals surface area contributed by atoms with Crippen molar-refractivity contribution in [2.75, 3.05) is 11.9 Å². The molecule has 0 aliphatic heterocycles. The van der Waals surface area contributed by atoms with E-state index in [9.17, 15) is 4.39 Å². The van der Waals surface area contributed by atoms with E-state index in [1.807, 2.05) is 13.8 Å². The van der Waals surface area contributed by atoms with E-state index in [2.05, 4.69) is 29.1 Å². The second-order valence-corrected chi connectivity index (χ2v) is 5.54. The summed E-state index contributed by atoms with van der Waals surface area (Å²) in [7, 11) is 0. The number of hydrogen-bond donors (Lipinski definition) is 1. The van der Waals surface area contributed by atoms with Crippen LogP contribution in [0.3, 0.4) is 0 Å². The molecule has 0 spiro atoms. The van der Waals surface area contributed by atoms with E-state index >= 15 is 0 Å². The van der Waals surface area contributed by atoms with Gasteiger partial charge in [0.25, 0.3) is 0 Å². The van der Waals surface area contributed by atoms with Gasteiger partial charge >= 0.3 is 0 Å². The highest BCUT2D eigenvalue weighted by molar-refractivity contribution is 5.61. The first-order chi connectivity index (χ1) is 9.93. The monoisotopic (exact) mass is 287 g/mol. The van der Waals surface area contributed by atoms with Crippen LogP contribution in [-0.2, 0) is 0 Å². The first-order valence-corrected chi connectivity index (χ1v) is 7.33. The lowest BCUT2D eigenvalue weighted by Gasteiger charge is -2.16. The SMILES string of the molecule is CCNc1nc(-c2ccc(F)c(C)c2)nc(C)c1C(C)C. The van der Waals surface area contributed by atoms with Gasteiger partial charge in [-0.1, -0.05) is 13.8 Å². The molecule has 0 saturated carbocycles. The topological polar surface area (TPSA) is 37.8 Å². The highest BCUT2D eigenvalue weighted by Crippen LogP contribution is 2.28. The average Bonchev–Trinajstić information content (AvgIpc) is 2.41. The molecule has 0 amide bonds. The normalized spacial score (nSPS) is 11.0. The van der Waals surface area contributed by atoms with Gasteiger partial charge < -0.3 is 5.32 Å². The molecule has 0 aliphatic carbocycles. The molecule has 0 fully saturated rings. The van der Waals surface area contributed by atoms with Crippen LogP contribution in [0.25, 0.3) is 11.4 Å². The van der Waals surface area contributed by atoms with E-state index in [1.54, 1.807) is 19.1 Å². The first kappa shape index (κ1) is 15.4. The van der Waals surface area contributed by atoms with E-state index in [0.717, 1.165) is 29.2 Å². The maximum absolute atomic E-state index is 13.4. The van der Waals surface area contributed by atoms with E-state index in [0.29, 0.717) is 17.3 Å². The summed E-state index contributed by atoms with van der Waals surface area (Å²) in [6.07, 6.45) is 0. The molecule has 1 N–H and O–H groups in total. The second-order valence-electron chi connectivity index (χ2n) is 5.54. The van der Waals surface area contributed by atoms with Crippen molar-refractivity contribution in [2.24, 2.45) is 0 Å². The van der Waals surface area contributed by atoms with Crippen LogP contribution in [-0.4, -0.2) is 16.5 Å². The molecule has 1 aromatic heterocycles. The van der Waals surface area contributed by atoms with Crippen LogP contribution in [0.4, 0.5) is 10.2 Å². The maximum Gasteiger partial charge on any atom is 0.161 e. The number of halogens is 1. The summed E-state index contributed by atoms with van der Waals surface area (Å²) in [6, 6.07) is 4.98. The number of nitrogens with zero attached hydrogens (tertiary/aromatic N) is 2. The molecule has 0 unspecified atom stereocenters. The Kier molecular flexibility index (Phi) is 4.56. The van der Waals surface area contributed by atoms with Crippen molar-refractivity contribution in [1.82, 2.24) is 9.97 Å². The Morgan fingerprint density at radius 2 is 1.90 bits per heavy atom. The van der Waals surface area contributed by atoms with Crippen molar-refractivity contribution in [2.45, 2.75) is 40.5 Å². The Balaban J connectivity index is 2.57. The van der Waals surface area contributed by atoms with E-state index < -0.39 is 0 Å². The van der Waals surface area contributed by atoms with Crippen molar-refractivity contribution in [3.8, 4) is 11.4 Å².